The minimum Gasteiger partial charge on any atom is -0.381 e. The Hall–Kier alpha value is -1.26. The van der Waals surface area contributed by atoms with Crippen LogP contribution in [0.5, 0.6) is 0 Å². The third-order valence-corrected chi connectivity index (χ3v) is 4.22. The van der Waals surface area contributed by atoms with Crippen molar-refractivity contribution in [1.29, 1.82) is 0 Å². The molecule has 0 unspecified atom stereocenters. The molecule has 1 aliphatic rings. The molecule has 0 saturated carbocycles. The number of urea groups is 1. The summed E-state index contributed by atoms with van der Waals surface area (Å²) in [6.07, 6.45) is 1.02. The van der Waals surface area contributed by atoms with Gasteiger partial charge in [0.25, 0.3) is 0 Å². The van der Waals surface area contributed by atoms with E-state index < -0.39 is 0 Å². The maximum absolute atomic E-state index is 12.1. The number of aryl methyl sites for hydroxylation is 1. The van der Waals surface area contributed by atoms with Gasteiger partial charge in [0.05, 0.1) is 6.61 Å². The molecule has 1 atom stereocenters. The fourth-order valence-corrected chi connectivity index (χ4v) is 2.66. The maximum atomic E-state index is 12.1. The molecule has 21 heavy (non-hydrogen) atoms. The topological polar surface area (TPSA) is 41.6 Å². The first-order valence-corrected chi connectivity index (χ1v) is 7.83. The summed E-state index contributed by atoms with van der Waals surface area (Å²) in [6, 6.07) is 5.82. The fourth-order valence-electron chi connectivity index (χ4n) is 2.54. The van der Waals surface area contributed by atoms with Gasteiger partial charge in [0.2, 0.25) is 0 Å². The van der Waals surface area contributed by atoms with Crippen molar-refractivity contribution in [2.45, 2.75) is 26.8 Å². The van der Waals surface area contributed by atoms with Crippen LogP contribution in [0.25, 0.3) is 0 Å². The molecule has 1 heterocycles. The molecule has 0 aromatic heterocycles. The third-order valence-electron chi connectivity index (χ3n) is 3.80. The van der Waals surface area contributed by atoms with Gasteiger partial charge in [0.15, 0.2) is 0 Å². The largest absolute Gasteiger partial charge is 0.381 e. The van der Waals surface area contributed by atoms with Crippen LogP contribution in [0.1, 0.15) is 24.5 Å². The molecular weight excluding hydrogens is 288 g/mol. The Morgan fingerprint density at radius 2 is 2.33 bits per heavy atom. The monoisotopic (exact) mass is 310 g/mol. The van der Waals surface area contributed by atoms with Gasteiger partial charge in [-0.05, 0) is 37.5 Å². The zero-order valence-corrected chi connectivity index (χ0v) is 13.4. The number of ether oxygens (including phenoxy) is 1. The van der Waals surface area contributed by atoms with E-state index in [1.165, 1.54) is 0 Å². The van der Waals surface area contributed by atoms with Crippen molar-refractivity contribution in [1.82, 2.24) is 10.2 Å². The van der Waals surface area contributed by atoms with Crippen molar-refractivity contribution >= 4 is 17.6 Å². The maximum Gasteiger partial charge on any atom is 0.317 e. The number of hydrogen-bond acceptors (Lipinski definition) is 2. The van der Waals surface area contributed by atoms with Gasteiger partial charge in [-0.3, -0.25) is 0 Å². The second-order valence-electron chi connectivity index (χ2n) is 5.50. The lowest BCUT2D eigenvalue weighted by Crippen LogP contribution is -2.38. The summed E-state index contributed by atoms with van der Waals surface area (Å²) in [4.78, 5) is 14.0. The second-order valence-corrected chi connectivity index (χ2v) is 5.91. The molecule has 5 heteroatoms. The minimum atomic E-state index is 0.00148. The standard InChI is InChI=1S/C16H23ClN2O2/c1-3-21-11-14-6-7-19(10-14)16(20)18-9-13-4-5-15(17)12(2)8-13/h4-5,8,14H,3,6-7,9-11H2,1-2H3,(H,18,20)/t14-/m0/s1. The lowest BCUT2D eigenvalue weighted by Gasteiger charge is -2.17. The van der Waals surface area contributed by atoms with Gasteiger partial charge in [-0.2, -0.15) is 0 Å². The predicted molar refractivity (Wildman–Crippen MR) is 84.6 cm³/mol. The first kappa shape index (κ1) is 16.1. The van der Waals surface area contributed by atoms with Crippen LogP contribution in [-0.4, -0.2) is 37.2 Å². The molecule has 0 spiro atoms. The summed E-state index contributed by atoms with van der Waals surface area (Å²) in [6.45, 7) is 7.56. The number of amides is 2. The highest BCUT2D eigenvalue weighted by Crippen LogP contribution is 2.18. The molecule has 0 radical (unpaired) electrons. The van der Waals surface area contributed by atoms with E-state index in [2.05, 4.69) is 5.32 Å². The van der Waals surface area contributed by atoms with E-state index in [4.69, 9.17) is 16.3 Å². The van der Waals surface area contributed by atoms with Crippen LogP contribution in [-0.2, 0) is 11.3 Å². The van der Waals surface area contributed by atoms with Crippen molar-refractivity contribution < 1.29 is 9.53 Å². The zero-order valence-electron chi connectivity index (χ0n) is 12.7. The van der Waals surface area contributed by atoms with Crippen molar-refractivity contribution in [3.8, 4) is 0 Å². The quantitative estimate of drug-likeness (QED) is 0.907. The Labute approximate surface area is 131 Å². The molecule has 1 fully saturated rings. The van der Waals surface area contributed by atoms with E-state index in [1.807, 2.05) is 36.9 Å². The van der Waals surface area contributed by atoms with Crippen LogP contribution in [0.15, 0.2) is 18.2 Å². The molecule has 0 aliphatic carbocycles. The Balaban J connectivity index is 1.78. The van der Waals surface area contributed by atoms with Gasteiger partial charge in [-0.25, -0.2) is 4.79 Å². The van der Waals surface area contributed by atoms with E-state index in [0.29, 0.717) is 12.5 Å². The van der Waals surface area contributed by atoms with Crippen LogP contribution >= 0.6 is 11.6 Å². The number of benzene rings is 1. The average molecular weight is 311 g/mol. The summed E-state index contributed by atoms with van der Waals surface area (Å²) < 4.78 is 5.43. The second kappa shape index (κ2) is 7.66. The van der Waals surface area contributed by atoms with Gasteiger partial charge in [0, 0.05) is 37.2 Å². The Bertz CT molecular complexity index is 493. The smallest absolute Gasteiger partial charge is 0.317 e. The Morgan fingerprint density at radius 3 is 3.05 bits per heavy atom. The van der Waals surface area contributed by atoms with Crippen LogP contribution in [0.4, 0.5) is 4.79 Å². The molecule has 1 saturated heterocycles. The molecule has 1 aromatic carbocycles. The number of carbonyl (C=O) groups is 1. The van der Waals surface area contributed by atoms with Crippen LogP contribution in [0, 0.1) is 12.8 Å². The van der Waals surface area contributed by atoms with Gasteiger partial charge >= 0.3 is 6.03 Å². The summed E-state index contributed by atoms with van der Waals surface area (Å²) in [7, 11) is 0. The highest BCUT2D eigenvalue weighted by Gasteiger charge is 2.25. The first-order chi connectivity index (χ1) is 10.1. The highest BCUT2D eigenvalue weighted by molar-refractivity contribution is 6.31. The molecule has 2 amide bonds. The van der Waals surface area contributed by atoms with Gasteiger partial charge in [-0.15, -0.1) is 0 Å². The summed E-state index contributed by atoms with van der Waals surface area (Å²) in [5.41, 5.74) is 2.09. The number of hydrogen-bond donors (Lipinski definition) is 1. The molecule has 2 rings (SSSR count). The van der Waals surface area contributed by atoms with Gasteiger partial charge in [-0.1, -0.05) is 23.7 Å². The fraction of sp³-hybridized carbons (Fsp3) is 0.562. The molecule has 4 nitrogen and oxygen atoms in total. The number of nitrogens with one attached hydrogen (secondary N) is 1. The van der Waals surface area contributed by atoms with E-state index in [0.717, 1.165) is 48.9 Å². The van der Waals surface area contributed by atoms with E-state index in [9.17, 15) is 4.79 Å². The molecule has 0 bridgehead atoms. The van der Waals surface area contributed by atoms with Crippen molar-refractivity contribution in [2.24, 2.45) is 5.92 Å². The predicted octanol–water partition coefficient (Wildman–Crippen LogP) is 3.22. The van der Waals surface area contributed by atoms with E-state index in [1.54, 1.807) is 0 Å². The first-order valence-electron chi connectivity index (χ1n) is 7.45. The third kappa shape index (κ3) is 4.61. The van der Waals surface area contributed by atoms with Crippen LogP contribution < -0.4 is 5.32 Å². The van der Waals surface area contributed by atoms with Crippen LogP contribution in [0.2, 0.25) is 5.02 Å². The average Bonchev–Trinajstić information content (AvgIpc) is 2.95. The highest BCUT2D eigenvalue weighted by atomic mass is 35.5. The number of likely N-dealkylation sites (tertiary alicyclic amines) is 1. The van der Waals surface area contributed by atoms with Crippen molar-refractivity contribution in [3.05, 3.63) is 34.3 Å². The number of carbonyl (C=O) groups excluding carboxylic acids is 1. The normalized spacial score (nSPS) is 18.0. The zero-order chi connectivity index (χ0) is 15.2. The van der Waals surface area contributed by atoms with Crippen LogP contribution in [0.3, 0.4) is 0 Å². The van der Waals surface area contributed by atoms with Gasteiger partial charge in [0.1, 0.15) is 0 Å². The summed E-state index contributed by atoms with van der Waals surface area (Å²) in [5, 5.41) is 3.72. The van der Waals surface area contributed by atoms with Gasteiger partial charge < -0.3 is 15.0 Å². The summed E-state index contributed by atoms with van der Waals surface area (Å²) >= 11 is 6.00. The Morgan fingerprint density at radius 1 is 1.52 bits per heavy atom. The number of nitrogens with zero attached hydrogens (tertiary/aromatic N) is 1. The van der Waals surface area contributed by atoms with Crippen molar-refractivity contribution in [2.75, 3.05) is 26.3 Å². The molecular formula is C16H23ClN2O2. The molecule has 116 valence electrons. The SMILES string of the molecule is CCOC[C@H]1CCN(C(=O)NCc2ccc(Cl)c(C)c2)C1. The van der Waals surface area contributed by atoms with E-state index in [-0.39, 0.29) is 6.03 Å². The number of rotatable bonds is 5. The number of halogens is 1. The van der Waals surface area contributed by atoms with Crippen molar-refractivity contribution in [3.63, 3.8) is 0 Å². The minimum absolute atomic E-state index is 0.00148. The molecule has 1 N–H and O–H groups in total. The molecule has 1 aliphatic heterocycles. The molecule has 1 aromatic rings. The Kier molecular flexibility index (Phi) is 5.88. The lowest BCUT2D eigenvalue weighted by molar-refractivity contribution is 0.113. The lowest BCUT2D eigenvalue weighted by atomic mass is 10.1. The van der Waals surface area contributed by atoms with E-state index >= 15 is 0 Å². The summed E-state index contributed by atoms with van der Waals surface area (Å²) in [5.74, 6) is 0.466.